The largest absolute Gasteiger partial charge is 0.376 e. The first-order chi connectivity index (χ1) is 17.2. The van der Waals surface area contributed by atoms with E-state index in [1.165, 1.54) is 4.90 Å². The van der Waals surface area contributed by atoms with Gasteiger partial charge < -0.3 is 15.0 Å². The molecule has 7 nitrogen and oxygen atoms in total. The summed E-state index contributed by atoms with van der Waals surface area (Å²) in [6, 6.07) is 2.42. The van der Waals surface area contributed by atoms with Gasteiger partial charge in [-0.05, 0) is 56.2 Å². The average molecular weight is 508 g/mol. The second kappa shape index (κ2) is 10.1. The molecule has 1 saturated carbocycles. The Bertz CT molecular complexity index is 1040. The maximum Gasteiger partial charge on any atom is 0.255 e. The number of nitrogens with zero attached hydrogens (tertiary/aromatic N) is 1. The van der Waals surface area contributed by atoms with E-state index in [1.807, 2.05) is 0 Å². The molecule has 1 unspecified atom stereocenters. The van der Waals surface area contributed by atoms with E-state index in [4.69, 9.17) is 4.74 Å². The molecule has 1 aliphatic carbocycles. The Balaban J connectivity index is 1.24. The third-order valence-electron chi connectivity index (χ3n) is 8.10. The van der Waals surface area contributed by atoms with Crippen molar-refractivity contribution in [2.75, 3.05) is 13.2 Å². The average Bonchev–Trinajstić information content (AvgIpc) is 3.18. The van der Waals surface area contributed by atoms with Crippen LogP contribution in [-0.4, -0.2) is 59.9 Å². The van der Waals surface area contributed by atoms with E-state index in [0.717, 1.165) is 12.8 Å². The first-order valence-corrected chi connectivity index (χ1v) is 12.9. The molecule has 0 bridgehead atoms. The predicted octanol–water partition coefficient (Wildman–Crippen LogP) is 3.09. The fraction of sp³-hybridized carbons (Fsp3) is 0.654. The molecule has 5 rings (SSSR count). The molecule has 10 heteroatoms. The Morgan fingerprint density at radius 3 is 2.64 bits per heavy atom. The first kappa shape index (κ1) is 25.2. The normalized spacial score (nSPS) is 28.8. The van der Waals surface area contributed by atoms with Crippen LogP contribution in [0.25, 0.3) is 0 Å². The third kappa shape index (κ3) is 5.16. The molecule has 36 heavy (non-hydrogen) atoms. The monoisotopic (exact) mass is 507 g/mol. The number of nitrogens with one attached hydrogen (secondary N) is 2. The number of ether oxygens (including phenoxy) is 1. The molecule has 2 saturated heterocycles. The molecule has 0 aromatic heterocycles. The van der Waals surface area contributed by atoms with Crippen molar-refractivity contribution in [1.82, 2.24) is 15.5 Å². The van der Waals surface area contributed by atoms with E-state index >= 15 is 4.39 Å². The Morgan fingerprint density at radius 2 is 1.89 bits per heavy atom. The molecule has 3 aliphatic heterocycles. The zero-order valence-electron chi connectivity index (χ0n) is 20.2. The first-order valence-electron chi connectivity index (χ1n) is 12.9. The maximum atomic E-state index is 15.6. The summed E-state index contributed by atoms with van der Waals surface area (Å²) in [7, 11) is 0. The minimum atomic E-state index is -2.55. The van der Waals surface area contributed by atoms with Gasteiger partial charge in [0.1, 0.15) is 11.9 Å². The summed E-state index contributed by atoms with van der Waals surface area (Å²) in [5, 5.41) is 5.75. The van der Waals surface area contributed by atoms with Crippen LogP contribution in [0, 0.1) is 11.7 Å². The van der Waals surface area contributed by atoms with Gasteiger partial charge in [0.05, 0.1) is 12.6 Å². The number of alkyl halides is 2. The van der Waals surface area contributed by atoms with Crippen LogP contribution < -0.4 is 10.6 Å². The van der Waals surface area contributed by atoms with Crippen molar-refractivity contribution >= 4 is 17.7 Å². The second-order valence-electron chi connectivity index (χ2n) is 10.5. The van der Waals surface area contributed by atoms with Crippen LogP contribution in [0.4, 0.5) is 13.2 Å². The maximum absolute atomic E-state index is 15.6. The third-order valence-corrected chi connectivity index (χ3v) is 8.10. The molecule has 0 spiro atoms. The van der Waals surface area contributed by atoms with Gasteiger partial charge in [-0.2, -0.15) is 0 Å². The Labute approximate surface area is 208 Å². The number of rotatable bonds is 6. The van der Waals surface area contributed by atoms with Crippen LogP contribution in [0.15, 0.2) is 12.1 Å². The van der Waals surface area contributed by atoms with Gasteiger partial charge in [-0.1, -0.05) is 6.07 Å². The van der Waals surface area contributed by atoms with Crippen LogP contribution >= 0.6 is 0 Å². The van der Waals surface area contributed by atoms with Crippen molar-refractivity contribution in [2.24, 2.45) is 5.92 Å². The Morgan fingerprint density at radius 1 is 1.11 bits per heavy atom. The molecule has 4 aliphatic rings. The molecular weight excluding hydrogens is 475 g/mol. The smallest absolute Gasteiger partial charge is 0.255 e. The molecular formula is C26H32F3N3O4. The summed E-state index contributed by atoms with van der Waals surface area (Å²) >= 11 is 0. The summed E-state index contributed by atoms with van der Waals surface area (Å²) in [5.41, 5.74) is 0.961. The summed E-state index contributed by atoms with van der Waals surface area (Å²) in [6.07, 6.45) is 3.01. The number of hydrogen-bond acceptors (Lipinski definition) is 5. The molecule has 0 radical (unpaired) electrons. The fourth-order valence-electron chi connectivity index (χ4n) is 5.92. The molecule has 3 atom stereocenters. The number of carbonyl (C=O) groups is 3. The van der Waals surface area contributed by atoms with E-state index in [2.05, 4.69) is 10.6 Å². The topological polar surface area (TPSA) is 87.7 Å². The van der Waals surface area contributed by atoms with Crippen LogP contribution in [-0.2, 0) is 27.3 Å². The van der Waals surface area contributed by atoms with Gasteiger partial charge in [-0.25, -0.2) is 13.2 Å². The number of carbonyl (C=O) groups excluding carboxylic acids is 3. The van der Waals surface area contributed by atoms with E-state index < -0.39 is 29.6 Å². The summed E-state index contributed by atoms with van der Waals surface area (Å²) in [5.74, 6) is -4.11. The van der Waals surface area contributed by atoms with Crippen LogP contribution in [0.1, 0.15) is 72.9 Å². The van der Waals surface area contributed by atoms with Gasteiger partial charge in [0.2, 0.25) is 17.7 Å². The number of fused-ring (bicyclic) bond motifs is 1. The summed E-state index contributed by atoms with van der Waals surface area (Å²) in [4.78, 5) is 38.0. The zero-order valence-corrected chi connectivity index (χ0v) is 20.2. The van der Waals surface area contributed by atoms with Gasteiger partial charge in [0.25, 0.3) is 5.91 Å². The highest BCUT2D eigenvalue weighted by Crippen LogP contribution is 2.36. The van der Waals surface area contributed by atoms with E-state index in [9.17, 15) is 23.2 Å². The van der Waals surface area contributed by atoms with Crippen LogP contribution in [0.3, 0.4) is 0 Å². The SMILES string of the molecule is O=C1CCC(N2Cc3c(ccc(C[C@H]4OCCC[C@@H]4NCC4CCC(F)(F)CC4)c3F)C2=O)C(=O)N1. The molecule has 3 heterocycles. The molecule has 1 aromatic rings. The zero-order chi connectivity index (χ0) is 25.4. The molecule has 196 valence electrons. The number of piperidine rings is 1. The lowest BCUT2D eigenvalue weighted by Crippen LogP contribution is -2.52. The highest BCUT2D eigenvalue weighted by Gasteiger charge is 2.41. The lowest BCUT2D eigenvalue weighted by Gasteiger charge is -2.35. The minimum Gasteiger partial charge on any atom is -0.376 e. The number of benzene rings is 1. The van der Waals surface area contributed by atoms with E-state index in [-0.39, 0.29) is 67.3 Å². The Hall–Kier alpha value is -2.46. The van der Waals surface area contributed by atoms with Gasteiger partial charge in [-0.15, -0.1) is 0 Å². The summed E-state index contributed by atoms with van der Waals surface area (Å²) in [6.45, 7) is 1.20. The van der Waals surface area contributed by atoms with Gasteiger partial charge in [0, 0.05) is 49.5 Å². The highest BCUT2D eigenvalue weighted by atomic mass is 19.3. The lowest BCUT2D eigenvalue weighted by atomic mass is 9.86. The van der Waals surface area contributed by atoms with Gasteiger partial charge in [0.15, 0.2) is 0 Å². The standard InChI is InChI=1S/C26H32F3N3O4/c27-23-16(3-4-17-18(23)14-32(25(17)35)20-5-6-22(33)31-24(20)34)12-21-19(2-1-11-36-21)30-13-15-7-9-26(28,29)10-8-15/h3-4,15,19-21,30H,1-2,5-14H2,(H,31,33,34)/t19-,20?,21+/m0/s1. The van der Waals surface area contributed by atoms with E-state index in [0.29, 0.717) is 38.0 Å². The number of amides is 3. The van der Waals surface area contributed by atoms with E-state index in [1.54, 1.807) is 12.1 Å². The molecule has 2 N–H and O–H groups in total. The predicted molar refractivity (Wildman–Crippen MR) is 124 cm³/mol. The highest BCUT2D eigenvalue weighted by molar-refractivity contribution is 6.05. The molecule has 3 amide bonds. The van der Waals surface area contributed by atoms with Gasteiger partial charge >= 0.3 is 0 Å². The number of hydrogen-bond donors (Lipinski definition) is 2. The second-order valence-corrected chi connectivity index (χ2v) is 10.5. The van der Waals surface area contributed by atoms with Crippen molar-refractivity contribution in [2.45, 2.75) is 88.4 Å². The minimum absolute atomic E-state index is 0.00422. The van der Waals surface area contributed by atoms with Crippen molar-refractivity contribution < 1.29 is 32.3 Å². The number of halogens is 3. The Kier molecular flexibility index (Phi) is 7.09. The van der Waals surface area contributed by atoms with Crippen molar-refractivity contribution in [3.63, 3.8) is 0 Å². The van der Waals surface area contributed by atoms with Crippen LogP contribution in [0.5, 0.6) is 0 Å². The number of imide groups is 1. The van der Waals surface area contributed by atoms with Crippen molar-refractivity contribution in [3.05, 3.63) is 34.6 Å². The van der Waals surface area contributed by atoms with Crippen molar-refractivity contribution in [1.29, 1.82) is 0 Å². The summed E-state index contributed by atoms with van der Waals surface area (Å²) < 4.78 is 48.5. The van der Waals surface area contributed by atoms with Crippen molar-refractivity contribution in [3.8, 4) is 0 Å². The lowest BCUT2D eigenvalue weighted by molar-refractivity contribution is -0.136. The molecule has 3 fully saturated rings. The molecule has 1 aromatic carbocycles. The van der Waals surface area contributed by atoms with Gasteiger partial charge in [-0.3, -0.25) is 19.7 Å². The quantitative estimate of drug-likeness (QED) is 0.578. The van der Waals surface area contributed by atoms with Crippen LogP contribution in [0.2, 0.25) is 0 Å². The fourth-order valence-corrected chi connectivity index (χ4v) is 5.92.